The first-order chi connectivity index (χ1) is 36.8. The van der Waals surface area contributed by atoms with Gasteiger partial charge in [0.2, 0.25) is 0 Å². The summed E-state index contributed by atoms with van der Waals surface area (Å²) in [5.41, 5.74) is -2.05. The van der Waals surface area contributed by atoms with Gasteiger partial charge in [0.05, 0.1) is 32.9 Å². The van der Waals surface area contributed by atoms with E-state index in [1.54, 1.807) is 60.7 Å². The summed E-state index contributed by atoms with van der Waals surface area (Å²) in [7, 11) is 0. The maximum atomic E-state index is 10.3. The number of benzene rings is 11. The van der Waals surface area contributed by atoms with Gasteiger partial charge in [0, 0.05) is 0 Å². The Balaban J connectivity index is 1.45. The van der Waals surface area contributed by atoms with Crippen molar-refractivity contribution in [2.45, 2.75) is 0 Å². The van der Waals surface area contributed by atoms with Crippen LogP contribution in [0.4, 0.5) is 0 Å². The van der Waals surface area contributed by atoms with E-state index in [-0.39, 0.29) is 43.8 Å². The van der Waals surface area contributed by atoms with Gasteiger partial charge < -0.3 is 0 Å². The SMILES string of the molecule is [2H]c1c([2H])c([2H])c2c(-c3c([2H])c([2H])c4c([2H])c([2H])c5c([2H])c([2H])c(-c6c7c([2H])c([2H])c([2H])c([2H])c7c(-c7ccccc7)c7c([2H])c([2H])c([2H])c([2H])c67)c([2H])c5c4c3[2H])c3c([2H])c([2H])c([2H])c([2H])c3c(-c3ccccc3)c2c1[2H]. The van der Waals surface area contributed by atoms with Crippen molar-refractivity contribution in [3.63, 3.8) is 0 Å². The Bertz CT molecular complexity index is 4180. The summed E-state index contributed by atoms with van der Waals surface area (Å²) in [6.45, 7) is 0. The van der Waals surface area contributed by atoms with Crippen molar-refractivity contribution in [3.05, 3.63) is 206 Å². The molecule has 0 spiro atoms. The molecule has 0 heteroatoms. The molecule has 0 nitrogen and oxygen atoms in total. The molecule has 0 saturated heterocycles. The fourth-order valence-electron chi connectivity index (χ4n) is 7.29. The lowest BCUT2D eigenvalue weighted by molar-refractivity contribution is 1.66. The Labute approximate surface area is 347 Å². The molecule has 0 aliphatic rings. The second-order valence-corrected chi connectivity index (χ2v) is 12.5. The molecular formula is C54H34. The van der Waals surface area contributed by atoms with E-state index in [0.717, 1.165) is 0 Å². The van der Waals surface area contributed by atoms with Crippen LogP contribution >= 0.6 is 0 Å². The van der Waals surface area contributed by atoms with Crippen molar-refractivity contribution in [2.75, 3.05) is 0 Å². The molecule has 0 bridgehead atoms. The second-order valence-electron chi connectivity index (χ2n) is 12.5. The van der Waals surface area contributed by atoms with Crippen LogP contribution in [0.2, 0.25) is 0 Å². The summed E-state index contributed by atoms with van der Waals surface area (Å²) in [4.78, 5) is 0. The zero-order valence-electron chi connectivity index (χ0n) is 51.8. The third-order valence-electron chi connectivity index (χ3n) is 9.56. The van der Waals surface area contributed by atoms with E-state index < -0.39 is 210 Å². The monoisotopic (exact) mass is 706 g/mol. The molecule has 11 aromatic rings. The van der Waals surface area contributed by atoms with Crippen LogP contribution in [0, 0.1) is 0 Å². The van der Waals surface area contributed by atoms with Gasteiger partial charge in [-0.3, -0.25) is 0 Å². The van der Waals surface area contributed by atoms with Gasteiger partial charge in [0.25, 0.3) is 0 Å². The van der Waals surface area contributed by atoms with E-state index in [2.05, 4.69) is 0 Å². The van der Waals surface area contributed by atoms with Crippen LogP contribution in [0.3, 0.4) is 0 Å². The van der Waals surface area contributed by atoms with Crippen LogP contribution in [-0.4, -0.2) is 0 Å². The van der Waals surface area contributed by atoms with Gasteiger partial charge in [-0.1, -0.05) is 194 Å². The van der Waals surface area contributed by atoms with Crippen LogP contribution in [0.1, 0.15) is 32.9 Å². The molecule has 11 aromatic carbocycles. The molecule has 11 rings (SSSR count). The van der Waals surface area contributed by atoms with Crippen molar-refractivity contribution < 1.29 is 32.9 Å². The van der Waals surface area contributed by atoms with Crippen molar-refractivity contribution in [2.24, 2.45) is 0 Å². The molecule has 0 amide bonds. The molecule has 0 saturated carbocycles. The predicted molar refractivity (Wildman–Crippen MR) is 233 cm³/mol. The third-order valence-corrected chi connectivity index (χ3v) is 9.56. The van der Waals surface area contributed by atoms with Crippen LogP contribution in [-0.2, 0) is 0 Å². The summed E-state index contributed by atoms with van der Waals surface area (Å²) in [6, 6.07) is -3.14. The average Bonchev–Trinajstić information content (AvgIpc) is 3.57. The fraction of sp³-hybridized carbons (Fsp3) is 0. The highest BCUT2D eigenvalue weighted by atomic mass is 14.2. The van der Waals surface area contributed by atoms with Crippen LogP contribution in [0.15, 0.2) is 206 Å². The first-order valence-electron chi connectivity index (χ1n) is 28.8. The second kappa shape index (κ2) is 12.3. The van der Waals surface area contributed by atoms with Crippen molar-refractivity contribution >= 4 is 64.6 Å². The zero-order valence-corrected chi connectivity index (χ0v) is 27.8. The van der Waals surface area contributed by atoms with E-state index in [0.29, 0.717) is 0 Å². The molecule has 0 N–H and O–H groups in total. The summed E-state index contributed by atoms with van der Waals surface area (Å²) >= 11 is 0. The van der Waals surface area contributed by atoms with Crippen molar-refractivity contribution in [1.29, 1.82) is 0 Å². The van der Waals surface area contributed by atoms with E-state index >= 15 is 0 Å². The Kier molecular flexibility index (Phi) is 3.45. The average molecular weight is 707 g/mol. The zero-order chi connectivity index (χ0) is 56.5. The van der Waals surface area contributed by atoms with Gasteiger partial charge in [0.15, 0.2) is 0 Å². The molecule has 0 fully saturated rings. The molecular weight excluding hydrogens is 649 g/mol. The van der Waals surface area contributed by atoms with Gasteiger partial charge in [-0.2, -0.15) is 0 Å². The lowest BCUT2D eigenvalue weighted by Gasteiger charge is -2.19. The first kappa shape index (κ1) is 15.1. The summed E-state index contributed by atoms with van der Waals surface area (Å²) in [5, 5.41) is -5.40. The highest BCUT2D eigenvalue weighted by Crippen LogP contribution is 2.46. The molecule has 0 aromatic heterocycles. The van der Waals surface area contributed by atoms with Gasteiger partial charge in [-0.15, -0.1) is 0 Å². The smallest absolute Gasteiger partial charge is 0.0622 e. The topological polar surface area (TPSA) is 0 Å². The lowest BCUT2D eigenvalue weighted by atomic mass is 9.84. The normalized spacial score (nSPS) is 17.9. The Morgan fingerprint density at radius 2 is 0.500 bits per heavy atom. The quantitative estimate of drug-likeness (QED) is 0.126. The number of hydrogen-bond acceptors (Lipinski definition) is 0. The minimum atomic E-state index is -0.912. The van der Waals surface area contributed by atoms with Gasteiger partial charge >= 0.3 is 0 Å². The Morgan fingerprint density at radius 1 is 0.241 bits per heavy atom. The van der Waals surface area contributed by atoms with Crippen LogP contribution in [0.5, 0.6) is 0 Å². The summed E-state index contributed by atoms with van der Waals surface area (Å²) < 4.78 is 224. The molecule has 54 heavy (non-hydrogen) atoms. The predicted octanol–water partition coefficient (Wildman–Crippen LogP) is 15.3. The fourth-order valence-corrected chi connectivity index (χ4v) is 7.29. The summed E-state index contributed by atoms with van der Waals surface area (Å²) in [6.07, 6.45) is 0. The number of hydrogen-bond donors (Lipinski definition) is 0. The number of rotatable bonds is 4. The van der Waals surface area contributed by atoms with E-state index in [1.165, 1.54) is 0 Å². The minimum absolute atomic E-state index is 0.0559. The van der Waals surface area contributed by atoms with Gasteiger partial charge in [-0.25, -0.2) is 0 Å². The standard InChI is InChI=1S/C54H34/c1-3-15-37(16-4-1)51-41-19-7-11-23-45(41)53(46-24-12-8-20-42(46)51)39-31-29-35-27-28-36-30-32-40(34-50(36)49(35)33-39)54-47-25-13-9-21-43(47)52(38-17-5-2-6-18-38)44-22-10-14-26-48(44)54/h1-34H/i7D,8D,9D,10D,11D,12D,13D,14D,19D,20D,21D,22D,23D,24D,25D,26D,27D,28D,29D,30D,31D,32D,33D,34D. The molecule has 250 valence electrons. The van der Waals surface area contributed by atoms with Crippen molar-refractivity contribution in [3.8, 4) is 44.5 Å². The largest absolute Gasteiger partial charge is 0.0636 e. The third kappa shape index (κ3) is 4.71. The van der Waals surface area contributed by atoms with E-state index in [9.17, 15) is 21.9 Å². The molecule has 0 aliphatic carbocycles. The van der Waals surface area contributed by atoms with Crippen LogP contribution in [0.25, 0.3) is 109 Å². The van der Waals surface area contributed by atoms with E-state index in [1.807, 2.05) is 0 Å². The highest BCUT2D eigenvalue weighted by Gasteiger charge is 2.19. The Morgan fingerprint density at radius 3 is 0.796 bits per heavy atom. The molecule has 0 radical (unpaired) electrons. The van der Waals surface area contributed by atoms with E-state index in [4.69, 9.17) is 11.0 Å². The maximum Gasteiger partial charge on any atom is 0.0636 e. The van der Waals surface area contributed by atoms with Crippen molar-refractivity contribution in [1.82, 2.24) is 0 Å². The van der Waals surface area contributed by atoms with Gasteiger partial charge in [0.1, 0.15) is 0 Å². The maximum absolute atomic E-state index is 10.3. The Hall–Kier alpha value is -7.02. The molecule has 0 unspecified atom stereocenters. The molecule has 0 aliphatic heterocycles. The lowest BCUT2D eigenvalue weighted by Crippen LogP contribution is -1.91. The highest BCUT2D eigenvalue weighted by molar-refractivity contribution is 6.24. The molecule has 0 heterocycles. The number of fused-ring (bicyclic) bond motifs is 7. The molecule has 0 atom stereocenters. The van der Waals surface area contributed by atoms with Crippen LogP contribution < -0.4 is 0 Å². The summed E-state index contributed by atoms with van der Waals surface area (Å²) in [5.74, 6) is 0. The minimum Gasteiger partial charge on any atom is -0.0622 e. The first-order valence-corrected chi connectivity index (χ1v) is 16.8. The van der Waals surface area contributed by atoms with Gasteiger partial charge in [-0.05, 0) is 121 Å².